The zero-order chi connectivity index (χ0) is 13.2. The Balaban J connectivity index is 1.99. The highest BCUT2D eigenvalue weighted by molar-refractivity contribution is 5.95. The summed E-state index contributed by atoms with van der Waals surface area (Å²) < 4.78 is 0. The molecule has 0 radical (unpaired) electrons. The molecule has 5 nitrogen and oxygen atoms in total. The molecule has 1 aromatic heterocycles. The Morgan fingerprint density at radius 2 is 2.00 bits per heavy atom. The maximum atomic E-state index is 11.4. The van der Waals surface area contributed by atoms with Gasteiger partial charge >= 0.3 is 0 Å². The number of carbonyl (C=O) groups is 1. The lowest BCUT2D eigenvalue weighted by Crippen LogP contribution is -2.10. The molecule has 0 fully saturated rings. The number of benzene rings is 1. The third-order valence-electron chi connectivity index (χ3n) is 3.02. The van der Waals surface area contributed by atoms with Crippen molar-refractivity contribution in [2.75, 3.05) is 17.2 Å². The molecular formula is C14H14N4O. The van der Waals surface area contributed by atoms with Gasteiger partial charge < -0.3 is 10.6 Å². The van der Waals surface area contributed by atoms with Crippen LogP contribution in [0, 0.1) is 6.92 Å². The van der Waals surface area contributed by atoms with E-state index in [1.807, 2.05) is 31.2 Å². The fraction of sp³-hybridized carbons (Fsp3) is 0.214. The molecule has 0 spiro atoms. The summed E-state index contributed by atoms with van der Waals surface area (Å²) in [4.78, 5) is 20.2. The lowest BCUT2D eigenvalue weighted by molar-refractivity contribution is -0.115. The minimum Gasteiger partial charge on any atom is -0.368 e. The van der Waals surface area contributed by atoms with Gasteiger partial charge in [0.1, 0.15) is 5.69 Å². The predicted octanol–water partition coefficient (Wildman–Crippen LogP) is 2.21. The first-order valence-electron chi connectivity index (χ1n) is 6.20. The molecule has 2 heterocycles. The van der Waals surface area contributed by atoms with Crippen molar-refractivity contribution in [3.05, 3.63) is 36.0 Å². The van der Waals surface area contributed by atoms with Crippen LogP contribution in [0.4, 0.5) is 11.5 Å². The first kappa shape index (κ1) is 11.6. The average Bonchev–Trinajstić information content (AvgIpc) is 2.59. The van der Waals surface area contributed by atoms with E-state index < -0.39 is 0 Å². The number of fused-ring (bicyclic) bond motifs is 1. The van der Waals surface area contributed by atoms with Crippen molar-refractivity contribution in [2.45, 2.75) is 13.3 Å². The van der Waals surface area contributed by atoms with Gasteiger partial charge in [-0.05, 0) is 6.92 Å². The molecule has 0 saturated heterocycles. The maximum Gasteiger partial charge on any atom is 0.226 e. The second kappa shape index (κ2) is 4.68. The smallest absolute Gasteiger partial charge is 0.226 e. The van der Waals surface area contributed by atoms with Crippen molar-refractivity contribution < 1.29 is 4.79 Å². The number of rotatable bonds is 1. The van der Waals surface area contributed by atoms with E-state index in [9.17, 15) is 4.79 Å². The summed E-state index contributed by atoms with van der Waals surface area (Å²) in [6.07, 6.45) is 2.09. The van der Waals surface area contributed by atoms with Gasteiger partial charge in [0.15, 0.2) is 11.6 Å². The molecule has 1 aliphatic rings. The molecule has 1 aromatic carbocycles. The van der Waals surface area contributed by atoms with Gasteiger partial charge in [0.25, 0.3) is 0 Å². The summed E-state index contributed by atoms with van der Waals surface area (Å²) in [5, 5.41) is 5.93. The Hall–Kier alpha value is -2.43. The highest BCUT2D eigenvalue weighted by Gasteiger charge is 2.14. The van der Waals surface area contributed by atoms with Crippen LogP contribution in [0.1, 0.15) is 12.0 Å². The normalized spacial score (nSPS) is 14.1. The van der Waals surface area contributed by atoms with Crippen molar-refractivity contribution in [3.63, 3.8) is 0 Å². The monoisotopic (exact) mass is 254 g/mol. The molecule has 0 unspecified atom stereocenters. The summed E-state index contributed by atoms with van der Waals surface area (Å²) in [7, 11) is 0. The van der Waals surface area contributed by atoms with E-state index in [0.29, 0.717) is 30.3 Å². The number of nitrogens with one attached hydrogen (secondary N) is 2. The van der Waals surface area contributed by atoms with Crippen molar-refractivity contribution in [1.82, 2.24) is 9.97 Å². The highest BCUT2D eigenvalue weighted by Crippen LogP contribution is 2.24. The Bertz CT molecular complexity index is 622. The lowest BCUT2D eigenvalue weighted by Gasteiger charge is -2.08. The number of hydrogen-bond acceptors (Lipinski definition) is 4. The average molecular weight is 254 g/mol. The van der Waals surface area contributed by atoms with Crippen molar-refractivity contribution in [2.24, 2.45) is 0 Å². The first-order valence-corrected chi connectivity index (χ1v) is 6.20. The van der Waals surface area contributed by atoms with Crippen LogP contribution in [-0.4, -0.2) is 22.4 Å². The highest BCUT2D eigenvalue weighted by atomic mass is 16.1. The fourth-order valence-electron chi connectivity index (χ4n) is 1.96. The third kappa shape index (κ3) is 2.40. The second-order valence-electron chi connectivity index (χ2n) is 4.55. The number of amides is 1. The Labute approximate surface area is 111 Å². The van der Waals surface area contributed by atoms with E-state index in [1.54, 1.807) is 6.20 Å². The Morgan fingerprint density at radius 1 is 1.21 bits per heavy atom. The standard InChI is InChI=1S/C14H14N4O/c1-9-2-4-10(5-3-9)13-16-8-11-14(18-13)15-7-6-12(19)17-11/h2-5,8H,6-7H2,1H3,(H,17,19)(H,15,16,18). The minimum absolute atomic E-state index is 0.0158. The van der Waals surface area contributed by atoms with Crippen molar-refractivity contribution in [3.8, 4) is 11.4 Å². The van der Waals surface area contributed by atoms with Crippen LogP contribution in [-0.2, 0) is 4.79 Å². The topological polar surface area (TPSA) is 66.9 Å². The number of carbonyl (C=O) groups excluding carboxylic acids is 1. The van der Waals surface area contributed by atoms with Crippen LogP contribution in [0.15, 0.2) is 30.5 Å². The zero-order valence-electron chi connectivity index (χ0n) is 10.6. The van der Waals surface area contributed by atoms with E-state index in [0.717, 1.165) is 5.56 Å². The quantitative estimate of drug-likeness (QED) is 0.818. The van der Waals surface area contributed by atoms with E-state index in [-0.39, 0.29) is 5.91 Å². The fourth-order valence-corrected chi connectivity index (χ4v) is 1.96. The van der Waals surface area contributed by atoms with E-state index in [1.165, 1.54) is 5.56 Å². The molecule has 0 saturated carbocycles. The van der Waals surface area contributed by atoms with Crippen molar-refractivity contribution >= 4 is 17.4 Å². The number of anilines is 2. The van der Waals surface area contributed by atoms with Crippen LogP contribution in [0.5, 0.6) is 0 Å². The van der Waals surface area contributed by atoms with Crippen molar-refractivity contribution in [1.29, 1.82) is 0 Å². The molecule has 0 aliphatic carbocycles. The summed E-state index contributed by atoms with van der Waals surface area (Å²) in [6.45, 7) is 2.63. The molecule has 0 bridgehead atoms. The summed E-state index contributed by atoms with van der Waals surface area (Å²) in [5.74, 6) is 1.32. The summed E-state index contributed by atoms with van der Waals surface area (Å²) in [5.41, 5.74) is 2.80. The Morgan fingerprint density at radius 3 is 2.79 bits per heavy atom. The first-order chi connectivity index (χ1) is 9.22. The molecule has 2 N–H and O–H groups in total. The molecule has 5 heteroatoms. The van der Waals surface area contributed by atoms with Crippen LogP contribution in [0.25, 0.3) is 11.4 Å². The van der Waals surface area contributed by atoms with Crippen LogP contribution < -0.4 is 10.6 Å². The van der Waals surface area contributed by atoms with E-state index >= 15 is 0 Å². The van der Waals surface area contributed by atoms with Gasteiger partial charge in [-0.2, -0.15) is 0 Å². The lowest BCUT2D eigenvalue weighted by atomic mass is 10.1. The zero-order valence-corrected chi connectivity index (χ0v) is 10.6. The Kier molecular flexibility index (Phi) is 2.87. The molecular weight excluding hydrogens is 240 g/mol. The molecule has 2 aromatic rings. The number of nitrogens with zero attached hydrogens (tertiary/aromatic N) is 2. The molecule has 1 amide bonds. The molecule has 1 aliphatic heterocycles. The number of hydrogen-bond donors (Lipinski definition) is 2. The van der Waals surface area contributed by atoms with Gasteiger partial charge in [0.2, 0.25) is 5.91 Å². The summed E-state index contributed by atoms with van der Waals surface area (Å²) >= 11 is 0. The van der Waals surface area contributed by atoms with Crippen LogP contribution in [0.3, 0.4) is 0 Å². The van der Waals surface area contributed by atoms with Gasteiger partial charge in [0.05, 0.1) is 6.20 Å². The van der Waals surface area contributed by atoms with Gasteiger partial charge in [-0.15, -0.1) is 0 Å². The molecule has 0 atom stereocenters. The second-order valence-corrected chi connectivity index (χ2v) is 4.55. The predicted molar refractivity (Wildman–Crippen MR) is 73.9 cm³/mol. The molecule has 19 heavy (non-hydrogen) atoms. The van der Waals surface area contributed by atoms with Gasteiger partial charge in [-0.25, -0.2) is 9.97 Å². The van der Waals surface area contributed by atoms with Gasteiger partial charge in [-0.1, -0.05) is 29.8 Å². The third-order valence-corrected chi connectivity index (χ3v) is 3.02. The van der Waals surface area contributed by atoms with Crippen LogP contribution in [0.2, 0.25) is 0 Å². The molecule has 96 valence electrons. The van der Waals surface area contributed by atoms with E-state index in [2.05, 4.69) is 20.6 Å². The minimum atomic E-state index is -0.0158. The maximum absolute atomic E-state index is 11.4. The number of aryl methyl sites for hydroxylation is 1. The molecule has 3 rings (SSSR count). The van der Waals surface area contributed by atoms with Crippen LogP contribution >= 0.6 is 0 Å². The van der Waals surface area contributed by atoms with Gasteiger partial charge in [-0.3, -0.25) is 4.79 Å². The van der Waals surface area contributed by atoms with Gasteiger partial charge in [0, 0.05) is 18.5 Å². The SMILES string of the molecule is Cc1ccc(-c2ncc3c(n2)NCCC(=O)N3)cc1. The van der Waals surface area contributed by atoms with E-state index in [4.69, 9.17) is 0 Å². The summed E-state index contributed by atoms with van der Waals surface area (Å²) in [6, 6.07) is 8.04. The largest absolute Gasteiger partial charge is 0.368 e. The number of aromatic nitrogens is 2.